The van der Waals surface area contributed by atoms with Crippen LogP contribution in [0.1, 0.15) is 20.3 Å². The minimum absolute atomic E-state index is 0.163. The number of hydrogen-bond donors (Lipinski definition) is 1. The van der Waals surface area contributed by atoms with Crippen LogP contribution in [0.2, 0.25) is 0 Å². The fourth-order valence-electron chi connectivity index (χ4n) is 2.30. The molecular weight excluding hydrogens is 154 g/mol. The summed E-state index contributed by atoms with van der Waals surface area (Å²) in [6, 6.07) is 0.351. The van der Waals surface area contributed by atoms with Gasteiger partial charge in [0.05, 0.1) is 12.2 Å². The zero-order valence-electron chi connectivity index (χ0n) is 7.73. The quantitative estimate of drug-likeness (QED) is 0.617. The number of likely N-dealkylation sites (N-methyl/N-ethyl adjacent to an activating group) is 1. The average Bonchev–Trinajstić information content (AvgIpc) is 2.77. The molecule has 3 heteroatoms. The second-order valence-electron chi connectivity index (χ2n) is 3.65. The average molecular weight is 171 g/mol. The van der Waals surface area contributed by atoms with E-state index in [9.17, 15) is 5.11 Å². The minimum Gasteiger partial charge on any atom is -0.389 e. The van der Waals surface area contributed by atoms with Gasteiger partial charge in [0.15, 0.2) is 0 Å². The van der Waals surface area contributed by atoms with Crippen molar-refractivity contribution in [3.05, 3.63) is 0 Å². The Morgan fingerprint density at radius 2 is 2.08 bits per heavy atom. The standard InChI is InChI=1S/C9H17NO2/c1-3-10(4-2)6-5-7-9(12-7)8(6)11/h6-9,11H,3-5H2,1-2H3. The van der Waals surface area contributed by atoms with Gasteiger partial charge in [-0.25, -0.2) is 0 Å². The number of hydrogen-bond acceptors (Lipinski definition) is 3. The lowest BCUT2D eigenvalue weighted by atomic mass is 10.1. The highest BCUT2D eigenvalue weighted by Crippen LogP contribution is 2.40. The topological polar surface area (TPSA) is 36.0 Å². The molecule has 4 atom stereocenters. The smallest absolute Gasteiger partial charge is 0.112 e. The van der Waals surface area contributed by atoms with Crippen LogP contribution in [0.4, 0.5) is 0 Å². The number of rotatable bonds is 3. The Hall–Kier alpha value is -0.120. The molecule has 12 heavy (non-hydrogen) atoms. The summed E-state index contributed by atoms with van der Waals surface area (Å²) in [7, 11) is 0. The van der Waals surface area contributed by atoms with Crippen molar-refractivity contribution in [2.75, 3.05) is 13.1 Å². The largest absolute Gasteiger partial charge is 0.389 e. The summed E-state index contributed by atoms with van der Waals surface area (Å²) in [4.78, 5) is 2.32. The van der Waals surface area contributed by atoms with Gasteiger partial charge in [-0.2, -0.15) is 0 Å². The minimum atomic E-state index is -0.241. The molecule has 2 aliphatic rings. The van der Waals surface area contributed by atoms with E-state index >= 15 is 0 Å². The lowest BCUT2D eigenvalue weighted by Crippen LogP contribution is -2.42. The molecule has 1 aliphatic heterocycles. The van der Waals surface area contributed by atoms with Crippen LogP contribution in [0.5, 0.6) is 0 Å². The summed E-state index contributed by atoms with van der Waals surface area (Å²) >= 11 is 0. The van der Waals surface area contributed by atoms with Crippen LogP contribution in [-0.4, -0.2) is 47.4 Å². The number of epoxide rings is 1. The maximum atomic E-state index is 9.77. The van der Waals surface area contributed by atoms with Crippen molar-refractivity contribution >= 4 is 0 Å². The Morgan fingerprint density at radius 3 is 2.50 bits per heavy atom. The van der Waals surface area contributed by atoms with E-state index in [0.29, 0.717) is 12.1 Å². The molecule has 1 N–H and O–H groups in total. The molecule has 0 spiro atoms. The number of ether oxygens (including phenoxy) is 1. The van der Waals surface area contributed by atoms with E-state index < -0.39 is 0 Å². The van der Waals surface area contributed by atoms with E-state index in [2.05, 4.69) is 18.7 Å². The maximum Gasteiger partial charge on any atom is 0.112 e. The molecular formula is C9H17NO2. The molecule has 0 amide bonds. The van der Waals surface area contributed by atoms with Gasteiger partial charge in [0.1, 0.15) is 6.10 Å². The fourth-order valence-corrected chi connectivity index (χ4v) is 2.30. The van der Waals surface area contributed by atoms with Crippen LogP contribution in [0.3, 0.4) is 0 Å². The van der Waals surface area contributed by atoms with E-state index in [0.717, 1.165) is 19.5 Å². The van der Waals surface area contributed by atoms with Crippen molar-refractivity contribution in [1.82, 2.24) is 4.90 Å². The molecule has 0 aromatic carbocycles. The SMILES string of the molecule is CCN(CC)C1CC2OC2C1O. The molecule has 4 unspecified atom stereocenters. The Balaban J connectivity index is 1.95. The zero-order valence-corrected chi connectivity index (χ0v) is 7.73. The van der Waals surface area contributed by atoms with E-state index in [4.69, 9.17) is 4.74 Å². The van der Waals surface area contributed by atoms with Crippen molar-refractivity contribution in [2.45, 2.75) is 44.6 Å². The zero-order chi connectivity index (χ0) is 8.72. The molecule has 1 saturated heterocycles. The summed E-state index contributed by atoms with van der Waals surface area (Å²) < 4.78 is 5.26. The molecule has 2 rings (SSSR count). The third kappa shape index (κ3) is 1.16. The van der Waals surface area contributed by atoms with Gasteiger partial charge in [0, 0.05) is 6.04 Å². The predicted octanol–water partition coefficient (Wildman–Crippen LogP) is 0.229. The Bertz CT molecular complexity index is 170. The molecule has 0 aromatic heterocycles. The number of nitrogens with zero attached hydrogens (tertiary/aromatic N) is 1. The summed E-state index contributed by atoms with van der Waals surface area (Å²) in [5, 5.41) is 9.77. The first-order chi connectivity index (χ1) is 5.77. The highest BCUT2D eigenvalue weighted by molar-refractivity contribution is 5.06. The molecule has 1 aliphatic carbocycles. The lowest BCUT2D eigenvalue weighted by Gasteiger charge is -2.29. The maximum absolute atomic E-state index is 9.77. The Labute approximate surface area is 73.3 Å². The normalized spacial score (nSPS) is 45.0. The summed E-state index contributed by atoms with van der Waals surface area (Å²) in [5.41, 5.74) is 0. The van der Waals surface area contributed by atoms with Crippen molar-refractivity contribution in [3.63, 3.8) is 0 Å². The summed E-state index contributed by atoms with van der Waals surface area (Å²) in [5.74, 6) is 0. The first-order valence-electron chi connectivity index (χ1n) is 4.85. The van der Waals surface area contributed by atoms with Crippen LogP contribution in [0.25, 0.3) is 0 Å². The van der Waals surface area contributed by atoms with Gasteiger partial charge in [-0.05, 0) is 19.5 Å². The van der Waals surface area contributed by atoms with Gasteiger partial charge in [-0.15, -0.1) is 0 Å². The van der Waals surface area contributed by atoms with Crippen LogP contribution in [0.15, 0.2) is 0 Å². The lowest BCUT2D eigenvalue weighted by molar-refractivity contribution is 0.0295. The van der Waals surface area contributed by atoms with Crippen molar-refractivity contribution in [3.8, 4) is 0 Å². The van der Waals surface area contributed by atoms with Crippen LogP contribution in [-0.2, 0) is 4.74 Å². The van der Waals surface area contributed by atoms with Crippen molar-refractivity contribution in [1.29, 1.82) is 0 Å². The van der Waals surface area contributed by atoms with Crippen molar-refractivity contribution in [2.24, 2.45) is 0 Å². The number of aliphatic hydroxyl groups is 1. The number of fused-ring (bicyclic) bond motifs is 1. The van der Waals surface area contributed by atoms with Gasteiger partial charge in [0.25, 0.3) is 0 Å². The molecule has 1 heterocycles. The summed E-state index contributed by atoms with van der Waals surface area (Å²) in [6.45, 7) is 6.33. The number of aliphatic hydroxyl groups excluding tert-OH is 1. The highest BCUT2D eigenvalue weighted by Gasteiger charge is 2.56. The Morgan fingerprint density at radius 1 is 1.42 bits per heavy atom. The van der Waals surface area contributed by atoms with Crippen molar-refractivity contribution < 1.29 is 9.84 Å². The third-order valence-electron chi connectivity index (χ3n) is 3.11. The first kappa shape index (κ1) is 8.48. The highest BCUT2D eigenvalue weighted by atomic mass is 16.6. The van der Waals surface area contributed by atoms with Gasteiger partial charge >= 0.3 is 0 Å². The van der Waals surface area contributed by atoms with E-state index in [1.165, 1.54) is 0 Å². The molecule has 3 nitrogen and oxygen atoms in total. The fraction of sp³-hybridized carbons (Fsp3) is 1.00. The Kier molecular flexibility index (Phi) is 2.10. The first-order valence-corrected chi connectivity index (χ1v) is 4.85. The second kappa shape index (κ2) is 2.98. The summed E-state index contributed by atoms with van der Waals surface area (Å²) in [6.07, 6.45) is 1.31. The second-order valence-corrected chi connectivity index (χ2v) is 3.65. The molecule has 70 valence electrons. The van der Waals surface area contributed by atoms with E-state index in [-0.39, 0.29) is 12.2 Å². The van der Waals surface area contributed by atoms with Crippen LogP contribution < -0.4 is 0 Å². The van der Waals surface area contributed by atoms with E-state index in [1.54, 1.807) is 0 Å². The van der Waals surface area contributed by atoms with Gasteiger partial charge < -0.3 is 9.84 Å². The third-order valence-corrected chi connectivity index (χ3v) is 3.11. The molecule has 1 saturated carbocycles. The van der Waals surface area contributed by atoms with Crippen LogP contribution in [0, 0.1) is 0 Å². The van der Waals surface area contributed by atoms with Gasteiger partial charge in [-0.1, -0.05) is 13.8 Å². The molecule has 0 bridgehead atoms. The van der Waals surface area contributed by atoms with Gasteiger partial charge in [0.2, 0.25) is 0 Å². The van der Waals surface area contributed by atoms with Gasteiger partial charge in [-0.3, -0.25) is 4.90 Å². The molecule has 0 radical (unpaired) electrons. The van der Waals surface area contributed by atoms with E-state index in [1.807, 2.05) is 0 Å². The monoisotopic (exact) mass is 171 g/mol. The van der Waals surface area contributed by atoms with Crippen LogP contribution >= 0.6 is 0 Å². The molecule has 0 aromatic rings. The predicted molar refractivity (Wildman–Crippen MR) is 46.0 cm³/mol. The molecule has 2 fully saturated rings.